The zero-order chi connectivity index (χ0) is 33.9. The van der Waals surface area contributed by atoms with Crippen LogP contribution < -0.4 is 4.90 Å². The second kappa shape index (κ2) is 10.3. The van der Waals surface area contributed by atoms with E-state index in [9.17, 15) is 0 Å². The molecule has 0 N–H and O–H groups in total. The standard InChI is InChI=1S/C48H30N4/c1-2-13-31(14-3-1)51-42-22-10-11-23-43(42)52-47-36(18-12-24-45(47)51)37-29-30-44-46(48(37)52)38-17-6-9-21-41(38)50(44)33-27-25-32(26-28-33)49-39-19-7-4-15-34(39)35-16-5-8-20-40(35)49/h1-30H. The van der Waals surface area contributed by atoms with Crippen LogP contribution in [0.15, 0.2) is 182 Å². The predicted octanol–water partition coefficient (Wildman–Crippen LogP) is 12.8. The molecule has 4 heteroatoms. The van der Waals surface area contributed by atoms with Crippen molar-refractivity contribution in [2.45, 2.75) is 0 Å². The fourth-order valence-corrected chi connectivity index (χ4v) is 9.07. The molecular formula is C48H30N4. The van der Waals surface area contributed by atoms with Crippen LogP contribution in [-0.2, 0) is 0 Å². The molecule has 0 atom stereocenters. The van der Waals surface area contributed by atoms with E-state index in [4.69, 9.17) is 0 Å². The van der Waals surface area contributed by atoms with Crippen molar-refractivity contribution in [1.82, 2.24) is 13.7 Å². The van der Waals surface area contributed by atoms with Gasteiger partial charge < -0.3 is 18.6 Å². The third-order valence-corrected chi connectivity index (χ3v) is 11.1. The number of benzene rings is 8. The summed E-state index contributed by atoms with van der Waals surface area (Å²) in [6, 6.07) is 66.3. The van der Waals surface area contributed by atoms with Crippen LogP contribution in [0.25, 0.3) is 82.5 Å². The van der Waals surface area contributed by atoms with E-state index in [1.165, 1.54) is 82.5 Å². The van der Waals surface area contributed by atoms with Gasteiger partial charge in [0.05, 0.1) is 50.2 Å². The Balaban J connectivity index is 1.14. The molecule has 4 nitrogen and oxygen atoms in total. The van der Waals surface area contributed by atoms with Crippen molar-refractivity contribution in [1.29, 1.82) is 0 Å². The highest BCUT2D eigenvalue weighted by Crippen LogP contribution is 2.51. The van der Waals surface area contributed by atoms with Gasteiger partial charge in [0.15, 0.2) is 0 Å². The predicted molar refractivity (Wildman–Crippen MR) is 218 cm³/mol. The van der Waals surface area contributed by atoms with Crippen LogP contribution in [0.5, 0.6) is 0 Å². The maximum Gasteiger partial charge on any atom is 0.0783 e. The summed E-state index contributed by atoms with van der Waals surface area (Å²) in [5.41, 5.74) is 14.3. The molecule has 0 radical (unpaired) electrons. The van der Waals surface area contributed by atoms with Gasteiger partial charge in [-0.1, -0.05) is 103 Å². The first-order chi connectivity index (χ1) is 25.8. The van der Waals surface area contributed by atoms with Crippen molar-refractivity contribution in [2.24, 2.45) is 0 Å². The van der Waals surface area contributed by atoms with E-state index in [0.29, 0.717) is 0 Å². The van der Waals surface area contributed by atoms with E-state index in [1.807, 2.05) is 0 Å². The van der Waals surface area contributed by atoms with Crippen molar-refractivity contribution < 1.29 is 0 Å². The van der Waals surface area contributed by atoms with E-state index in [2.05, 4.69) is 201 Å². The van der Waals surface area contributed by atoms with Gasteiger partial charge >= 0.3 is 0 Å². The number of hydrogen-bond acceptors (Lipinski definition) is 1. The molecule has 1 aliphatic rings. The van der Waals surface area contributed by atoms with Crippen molar-refractivity contribution in [3.63, 3.8) is 0 Å². The Morgan fingerprint density at radius 2 is 0.750 bits per heavy atom. The first-order valence-corrected chi connectivity index (χ1v) is 17.9. The molecule has 0 saturated carbocycles. The number of anilines is 3. The lowest BCUT2D eigenvalue weighted by atomic mass is 10.1. The van der Waals surface area contributed by atoms with Crippen LogP contribution in [0.4, 0.5) is 17.1 Å². The van der Waals surface area contributed by atoms with Crippen molar-refractivity contribution in [3.05, 3.63) is 182 Å². The van der Waals surface area contributed by atoms with E-state index in [1.54, 1.807) is 0 Å². The Morgan fingerprint density at radius 1 is 0.250 bits per heavy atom. The molecular weight excluding hydrogens is 633 g/mol. The van der Waals surface area contributed by atoms with Gasteiger partial charge in [-0.3, -0.25) is 0 Å². The van der Waals surface area contributed by atoms with Crippen molar-refractivity contribution in [3.8, 4) is 17.1 Å². The third-order valence-electron chi connectivity index (χ3n) is 11.1. The highest BCUT2D eigenvalue weighted by atomic mass is 15.2. The lowest BCUT2D eigenvalue weighted by Gasteiger charge is -2.33. The molecule has 3 aromatic heterocycles. The second-order valence-electron chi connectivity index (χ2n) is 13.8. The molecule has 52 heavy (non-hydrogen) atoms. The van der Waals surface area contributed by atoms with Gasteiger partial charge in [0, 0.05) is 49.4 Å². The van der Waals surface area contributed by atoms with Crippen LogP contribution in [0, 0.1) is 0 Å². The molecule has 0 bridgehead atoms. The molecule has 12 rings (SSSR count). The molecule has 0 spiro atoms. The van der Waals surface area contributed by atoms with Crippen LogP contribution in [0.3, 0.4) is 0 Å². The third kappa shape index (κ3) is 3.55. The van der Waals surface area contributed by atoms with Crippen LogP contribution in [0.1, 0.15) is 0 Å². The zero-order valence-corrected chi connectivity index (χ0v) is 28.1. The summed E-state index contributed by atoms with van der Waals surface area (Å²) >= 11 is 0. The maximum absolute atomic E-state index is 2.53. The van der Waals surface area contributed by atoms with Crippen molar-refractivity contribution >= 4 is 82.5 Å². The minimum Gasteiger partial charge on any atom is -0.309 e. The average Bonchev–Trinajstić information content (AvgIpc) is 3.85. The second-order valence-corrected chi connectivity index (χ2v) is 13.8. The molecule has 0 saturated heterocycles. The minimum atomic E-state index is 1.14. The van der Waals surface area contributed by atoms with E-state index >= 15 is 0 Å². The molecule has 0 amide bonds. The average molecular weight is 663 g/mol. The Labute approximate surface area is 299 Å². The molecule has 242 valence electrons. The Kier molecular flexibility index (Phi) is 5.47. The Bertz CT molecular complexity index is 3180. The molecule has 0 fully saturated rings. The molecule has 0 aliphatic carbocycles. The summed E-state index contributed by atoms with van der Waals surface area (Å²) in [6.07, 6.45) is 0. The first-order valence-electron chi connectivity index (χ1n) is 17.9. The summed E-state index contributed by atoms with van der Waals surface area (Å²) < 4.78 is 7.35. The highest BCUT2D eigenvalue weighted by molar-refractivity contribution is 6.28. The molecule has 11 aromatic rings. The zero-order valence-electron chi connectivity index (χ0n) is 28.1. The van der Waals surface area contributed by atoms with Gasteiger partial charge in [-0.15, -0.1) is 0 Å². The van der Waals surface area contributed by atoms with Gasteiger partial charge in [-0.2, -0.15) is 0 Å². The first kappa shape index (κ1) is 27.7. The van der Waals surface area contributed by atoms with Crippen molar-refractivity contribution in [2.75, 3.05) is 4.90 Å². The number of rotatable bonds is 3. The van der Waals surface area contributed by atoms with Gasteiger partial charge in [-0.05, 0) is 78.9 Å². The number of fused-ring (bicyclic) bond motifs is 12. The highest BCUT2D eigenvalue weighted by Gasteiger charge is 2.30. The normalized spacial score (nSPS) is 12.6. The number of hydrogen-bond donors (Lipinski definition) is 0. The lowest BCUT2D eigenvalue weighted by molar-refractivity contribution is 1.11. The summed E-state index contributed by atoms with van der Waals surface area (Å²) in [5.74, 6) is 0. The minimum absolute atomic E-state index is 1.14. The number of aromatic nitrogens is 3. The maximum atomic E-state index is 2.53. The Morgan fingerprint density at radius 3 is 1.44 bits per heavy atom. The summed E-state index contributed by atoms with van der Waals surface area (Å²) in [6.45, 7) is 0. The smallest absolute Gasteiger partial charge is 0.0783 e. The molecule has 1 aliphatic heterocycles. The molecule has 8 aromatic carbocycles. The quantitative estimate of drug-likeness (QED) is 0.184. The van der Waals surface area contributed by atoms with Gasteiger partial charge in [0.2, 0.25) is 0 Å². The van der Waals surface area contributed by atoms with Crippen LogP contribution in [-0.4, -0.2) is 13.7 Å². The SMILES string of the molecule is c1ccc(N2c3ccccc3-n3c4c2cccc4c2ccc4c(c5ccccc5n4-c4ccc(-n5c6ccccc6c6ccccc65)cc4)c23)cc1. The fraction of sp³-hybridized carbons (Fsp3) is 0. The molecule has 4 heterocycles. The van der Waals surface area contributed by atoms with E-state index in [-0.39, 0.29) is 0 Å². The topological polar surface area (TPSA) is 18.0 Å². The van der Waals surface area contributed by atoms with Gasteiger partial charge in [-0.25, -0.2) is 0 Å². The monoisotopic (exact) mass is 662 g/mol. The van der Waals surface area contributed by atoms with Gasteiger partial charge in [0.1, 0.15) is 0 Å². The summed E-state index contributed by atoms with van der Waals surface area (Å²) in [4.78, 5) is 2.41. The lowest BCUT2D eigenvalue weighted by Crippen LogP contribution is -2.17. The molecule has 0 unspecified atom stereocenters. The number of nitrogens with zero attached hydrogens (tertiary/aromatic N) is 4. The fourth-order valence-electron chi connectivity index (χ4n) is 9.07. The largest absolute Gasteiger partial charge is 0.309 e. The summed E-state index contributed by atoms with van der Waals surface area (Å²) in [5, 5.41) is 7.58. The van der Waals surface area contributed by atoms with E-state index < -0.39 is 0 Å². The number of para-hydroxylation sites is 7. The van der Waals surface area contributed by atoms with Crippen LogP contribution in [0.2, 0.25) is 0 Å². The van der Waals surface area contributed by atoms with E-state index in [0.717, 1.165) is 17.1 Å². The summed E-state index contributed by atoms with van der Waals surface area (Å²) in [7, 11) is 0. The van der Waals surface area contributed by atoms with Gasteiger partial charge in [0.25, 0.3) is 0 Å². The van der Waals surface area contributed by atoms with Crippen LogP contribution >= 0.6 is 0 Å². The Hall–Kier alpha value is -7.04.